The lowest BCUT2D eigenvalue weighted by Crippen LogP contribution is -2.36. The fourth-order valence-corrected chi connectivity index (χ4v) is 2.52. The second-order valence-corrected chi connectivity index (χ2v) is 5.75. The first kappa shape index (κ1) is 15.1. The van der Waals surface area contributed by atoms with Gasteiger partial charge in [0.15, 0.2) is 0 Å². The molecule has 0 bridgehead atoms. The molecule has 112 valence electrons. The van der Waals surface area contributed by atoms with Gasteiger partial charge in [0.25, 0.3) is 0 Å². The summed E-state index contributed by atoms with van der Waals surface area (Å²) in [7, 11) is 3.35. The number of benzene rings is 1. The van der Waals surface area contributed by atoms with E-state index in [0.29, 0.717) is 5.41 Å². The minimum absolute atomic E-state index is 0.348. The molecular formula is C16H25NO3. The minimum atomic E-state index is 0.348. The van der Waals surface area contributed by atoms with Crippen molar-refractivity contribution in [2.75, 3.05) is 34.0 Å². The van der Waals surface area contributed by atoms with Gasteiger partial charge in [-0.15, -0.1) is 0 Å². The van der Waals surface area contributed by atoms with Gasteiger partial charge in [0.1, 0.15) is 11.5 Å². The molecule has 0 unspecified atom stereocenters. The van der Waals surface area contributed by atoms with Gasteiger partial charge in [0.05, 0.1) is 14.2 Å². The van der Waals surface area contributed by atoms with E-state index in [9.17, 15) is 0 Å². The van der Waals surface area contributed by atoms with Gasteiger partial charge in [-0.1, -0.05) is 6.92 Å². The molecule has 1 aliphatic rings. The molecule has 0 amide bonds. The van der Waals surface area contributed by atoms with Gasteiger partial charge in [-0.25, -0.2) is 0 Å². The lowest BCUT2D eigenvalue weighted by Gasteiger charge is -2.33. The number of nitrogens with one attached hydrogen (secondary N) is 1. The zero-order chi connectivity index (χ0) is 14.4. The Bertz CT molecular complexity index is 405. The van der Waals surface area contributed by atoms with Crippen molar-refractivity contribution in [3.05, 3.63) is 23.8 Å². The van der Waals surface area contributed by atoms with Crippen molar-refractivity contribution >= 4 is 0 Å². The summed E-state index contributed by atoms with van der Waals surface area (Å²) in [6.07, 6.45) is 2.25. The van der Waals surface area contributed by atoms with Crippen LogP contribution in [0.15, 0.2) is 18.2 Å². The summed E-state index contributed by atoms with van der Waals surface area (Å²) >= 11 is 0. The molecule has 1 aromatic rings. The topological polar surface area (TPSA) is 39.7 Å². The van der Waals surface area contributed by atoms with Gasteiger partial charge >= 0.3 is 0 Å². The zero-order valence-electron chi connectivity index (χ0n) is 12.7. The smallest absolute Gasteiger partial charge is 0.122 e. The Hall–Kier alpha value is -1.26. The maximum Gasteiger partial charge on any atom is 0.122 e. The molecule has 1 fully saturated rings. The summed E-state index contributed by atoms with van der Waals surface area (Å²) in [6.45, 7) is 5.92. The fourth-order valence-electron chi connectivity index (χ4n) is 2.52. The fraction of sp³-hybridized carbons (Fsp3) is 0.625. The summed E-state index contributed by atoms with van der Waals surface area (Å²) in [5, 5.41) is 3.55. The van der Waals surface area contributed by atoms with Crippen LogP contribution in [-0.2, 0) is 11.3 Å². The van der Waals surface area contributed by atoms with E-state index in [2.05, 4.69) is 12.2 Å². The Morgan fingerprint density at radius 1 is 1.10 bits per heavy atom. The Balaban J connectivity index is 1.90. The Labute approximate surface area is 121 Å². The number of hydrogen-bond donors (Lipinski definition) is 1. The lowest BCUT2D eigenvalue weighted by molar-refractivity contribution is 0.0240. The van der Waals surface area contributed by atoms with E-state index in [4.69, 9.17) is 14.2 Å². The van der Waals surface area contributed by atoms with Crippen LogP contribution < -0.4 is 14.8 Å². The standard InChI is InChI=1S/C16H25NO3/c1-16(4-6-20-7-5-16)12-17-11-13-8-14(18-2)10-15(9-13)19-3/h8-10,17H,4-7,11-12H2,1-3H3. The minimum Gasteiger partial charge on any atom is -0.497 e. The van der Waals surface area contributed by atoms with Crippen LogP contribution in [0.3, 0.4) is 0 Å². The maximum atomic E-state index is 5.43. The Morgan fingerprint density at radius 3 is 2.25 bits per heavy atom. The first-order valence-corrected chi connectivity index (χ1v) is 7.16. The Kier molecular flexibility index (Phi) is 5.26. The highest BCUT2D eigenvalue weighted by Gasteiger charge is 2.26. The molecule has 0 aromatic heterocycles. The quantitative estimate of drug-likeness (QED) is 0.869. The number of hydrogen-bond acceptors (Lipinski definition) is 4. The van der Waals surface area contributed by atoms with Crippen LogP contribution in [0.1, 0.15) is 25.3 Å². The van der Waals surface area contributed by atoms with E-state index in [1.165, 1.54) is 5.56 Å². The molecule has 0 spiro atoms. The second-order valence-electron chi connectivity index (χ2n) is 5.75. The third kappa shape index (κ3) is 4.12. The number of ether oxygens (including phenoxy) is 3. The monoisotopic (exact) mass is 279 g/mol. The van der Waals surface area contributed by atoms with Gasteiger partial charge in [-0.2, -0.15) is 0 Å². The van der Waals surface area contributed by atoms with Crippen LogP contribution in [0.25, 0.3) is 0 Å². The van der Waals surface area contributed by atoms with Gasteiger partial charge in [0.2, 0.25) is 0 Å². The molecule has 0 aliphatic carbocycles. The van der Waals surface area contributed by atoms with Crippen molar-refractivity contribution in [2.24, 2.45) is 5.41 Å². The van der Waals surface area contributed by atoms with Gasteiger partial charge < -0.3 is 19.5 Å². The van der Waals surface area contributed by atoms with Crippen LogP contribution in [-0.4, -0.2) is 34.0 Å². The van der Waals surface area contributed by atoms with Gasteiger partial charge in [-0.05, 0) is 36.0 Å². The van der Waals surface area contributed by atoms with Crippen molar-refractivity contribution in [1.82, 2.24) is 5.32 Å². The zero-order valence-corrected chi connectivity index (χ0v) is 12.7. The SMILES string of the molecule is COc1cc(CNCC2(C)CCOCC2)cc(OC)c1. The van der Waals surface area contributed by atoms with Crippen molar-refractivity contribution in [2.45, 2.75) is 26.3 Å². The summed E-state index contributed by atoms with van der Waals surface area (Å²) in [4.78, 5) is 0. The van der Waals surface area contributed by atoms with Crippen LogP contribution in [0.2, 0.25) is 0 Å². The Morgan fingerprint density at radius 2 is 1.70 bits per heavy atom. The predicted octanol–water partition coefficient (Wildman–Crippen LogP) is 2.61. The average molecular weight is 279 g/mol. The molecule has 1 N–H and O–H groups in total. The first-order valence-electron chi connectivity index (χ1n) is 7.16. The highest BCUT2D eigenvalue weighted by molar-refractivity contribution is 5.38. The summed E-state index contributed by atoms with van der Waals surface area (Å²) < 4.78 is 16.0. The third-order valence-electron chi connectivity index (χ3n) is 3.99. The molecule has 4 heteroatoms. The molecule has 1 aromatic carbocycles. The van der Waals surface area contributed by atoms with E-state index < -0.39 is 0 Å². The van der Waals surface area contributed by atoms with Crippen LogP contribution >= 0.6 is 0 Å². The molecule has 1 aliphatic heterocycles. The van der Waals surface area contributed by atoms with E-state index in [1.807, 2.05) is 18.2 Å². The van der Waals surface area contributed by atoms with Crippen molar-refractivity contribution < 1.29 is 14.2 Å². The first-order chi connectivity index (χ1) is 9.65. The summed E-state index contributed by atoms with van der Waals surface area (Å²) in [5.74, 6) is 1.66. The maximum absolute atomic E-state index is 5.43. The van der Waals surface area contributed by atoms with E-state index >= 15 is 0 Å². The van der Waals surface area contributed by atoms with Crippen LogP contribution in [0, 0.1) is 5.41 Å². The summed E-state index contributed by atoms with van der Waals surface area (Å²) in [5.41, 5.74) is 1.53. The largest absolute Gasteiger partial charge is 0.497 e. The molecular weight excluding hydrogens is 254 g/mol. The van der Waals surface area contributed by atoms with Crippen LogP contribution in [0.4, 0.5) is 0 Å². The molecule has 20 heavy (non-hydrogen) atoms. The molecule has 2 rings (SSSR count). The highest BCUT2D eigenvalue weighted by atomic mass is 16.5. The van der Waals surface area contributed by atoms with Crippen molar-refractivity contribution in [3.63, 3.8) is 0 Å². The van der Waals surface area contributed by atoms with E-state index in [1.54, 1.807) is 14.2 Å². The molecule has 1 saturated heterocycles. The van der Waals surface area contributed by atoms with E-state index in [0.717, 1.165) is 50.6 Å². The molecule has 0 atom stereocenters. The van der Waals surface area contributed by atoms with Gasteiger partial charge in [0, 0.05) is 32.4 Å². The second kappa shape index (κ2) is 6.95. The van der Waals surface area contributed by atoms with Crippen LogP contribution in [0.5, 0.6) is 11.5 Å². The molecule has 1 heterocycles. The third-order valence-corrected chi connectivity index (χ3v) is 3.99. The van der Waals surface area contributed by atoms with Gasteiger partial charge in [-0.3, -0.25) is 0 Å². The molecule has 0 saturated carbocycles. The normalized spacial score (nSPS) is 17.8. The number of methoxy groups -OCH3 is 2. The highest BCUT2D eigenvalue weighted by Crippen LogP contribution is 2.29. The summed E-state index contributed by atoms with van der Waals surface area (Å²) in [6, 6.07) is 5.98. The van der Waals surface area contributed by atoms with Crippen molar-refractivity contribution in [1.29, 1.82) is 0 Å². The molecule has 4 nitrogen and oxygen atoms in total. The predicted molar refractivity (Wildman–Crippen MR) is 79.4 cm³/mol. The van der Waals surface area contributed by atoms with Crippen molar-refractivity contribution in [3.8, 4) is 11.5 Å². The lowest BCUT2D eigenvalue weighted by atomic mass is 9.82. The van der Waals surface area contributed by atoms with E-state index in [-0.39, 0.29) is 0 Å². The number of rotatable bonds is 6. The average Bonchev–Trinajstić information content (AvgIpc) is 2.47. The molecule has 0 radical (unpaired) electrons.